The zero-order valence-corrected chi connectivity index (χ0v) is 11.1. The number of likely N-dealkylation sites (N-methyl/N-ethyl adjacent to an activating group) is 1. The molecule has 0 saturated heterocycles. The van der Waals surface area contributed by atoms with Gasteiger partial charge in [0, 0.05) is 25.3 Å². The lowest BCUT2D eigenvalue weighted by Gasteiger charge is -2.17. The van der Waals surface area contributed by atoms with Crippen LogP contribution in [0, 0.1) is 0 Å². The highest BCUT2D eigenvalue weighted by Gasteiger charge is 2.08. The van der Waals surface area contributed by atoms with Gasteiger partial charge >= 0.3 is 6.03 Å². The highest BCUT2D eigenvalue weighted by atomic mass is 16.3. The van der Waals surface area contributed by atoms with Crippen LogP contribution in [0.1, 0.15) is 18.5 Å². The summed E-state index contributed by atoms with van der Waals surface area (Å²) in [6, 6.07) is 7.75. The van der Waals surface area contributed by atoms with Crippen molar-refractivity contribution in [3.63, 3.8) is 0 Å². The summed E-state index contributed by atoms with van der Waals surface area (Å²) in [6.45, 7) is 2.35. The Labute approximate surface area is 108 Å². The van der Waals surface area contributed by atoms with Gasteiger partial charge in [-0.15, -0.1) is 0 Å². The first kappa shape index (κ1) is 14.5. The fourth-order valence-corrected chi connectivity index (χ4v) is 1.49. The Morgan fingerprint density at radius 2 is 2.00 bits per heavy atom. The molecule has 0 heterocycles. The average molecular weight is 251 g/mol. The Kier molecular flexibility index (Phi) is 5.61. The molecule has 0 radical (unpaired) electrons. The highest BCUT2D eigenvalue weighted by molar-refractivity contribution is 5.89. The molecule has 5 heteroatoms. The van der Waals surface area contributed by atoms with E-state index < -0.39 is 0 Å². The number of anilines is 1. The molecule has 100 valence electrons. The molecule has 0 fully saturated rings. The van der Waals surface area contributed by atoms with Crippen molar-refractivity contribution < 1.29 is 9.90 Å². The van der Waals surface area contributed by atoms with E-state index >= 15 is 0 Å². The van der Waals surface area contributed by atoms with Gasteiger partial charge < -0.3 is 20.6 Å². The maximum atomic E-state index is 11.7. The number of carbonyl (C=O) groups is 1. The fraction of sp³-hybridized carbons (Fsp3) is 0.462. The van der Waals surface area contributed by atoms with Gasteiger partial charge in [-0.3, -0.25) is 0 Å². The van der Waals surface area contributed by atoms with E-state index in [-0.39, 0.29) is 18.7 Å². The molecule has 2 amide bonds. The largest absolute Gasteiger partial charge is 0.395 e. The zero-order valence-electron chi connectivity index (χ0n) is 11.1. The van der Waals surface area contributed by atoms with Crippen molar-refractivity contribution in [3.05, 3.63) is 29.8 Å². The van der Waals surface area contributed by atoms with E-state index in [1.54, 1.807) is 7.05 Å². The van der Waals surface area contributed by atoms with E-state index in [0.717, 1.165) is 5.69 Å². The smallest absolute Gasteiger partial charge is 0.321 e. The molecule has 0 aliphatic rings. The van der Waals surface area contributed by atoms with Gasteiger partial charge in [0.05, 0.1) is 6.61 Å². The van der Waals surface area contributed by atoms with Crippen LogP contribution in [0.2, 0.25) is 0 Å². The third-order valence-corrected chi connectivity index (χ3v) is 2.88. The van der Waals surface area contributed by atoms with Crippen molar-refractivity contribution in [2.45, 2.75) is 13.0 Å². The second kappa shape index (κ2) is 6.98. The summed E-state index contributed by atoms with van der Waals surface area (Å²) in [5.41, 5.74) is 1.91. The number of aliphatic hydroxyl groups is 1. The SMILES string of the molecule is CNC(C)c1ccc(NC(=O)N(C)CCO)cc1. The number of nitrogens with one attached hydrogen (secondary N) is 2. The zero-order chi connectivity index (χ0) is 13.5. The van der Waals surface area contributed by atoms with Gasteiger partial charge in [-0.05, 0) is 31.7 Å². The molecule has 0 aromatic heterocycles. The van der Waals surface area contributed by atoms with Gasteiger partial charge in [0.15, 0.2) is 0 Å². The molecule has 18 heavy (non-hydrogen) atoms. The number of carbonyl (C=O) groups excluding carboxylic acids is 1. The first-order chi connectivity index (χ1) is 8.58. The fourth-order valence-electron chi connectivity index (χ4n) is 1.49. The molecule has 1 atom stereocenters. The summed E-state index contributed by atoms with van der Waals surface area (Å²) in [7, 11) is 3.55. The van der Waals surface area contributed by atoms with Crippen LogP contribution in [-0.4, -0.2) is 43.3 Å². The third kappa shape index (κ3) is 4.01. The Hall–Kier alpha value is -1.59. The maximum absolute atomic E-state index is 11.7. The predicted octanol–water partition coefficient (Wildman–Crippen LogP) is 1.42. The monoisotopic (exact) mass is 251 g/mol. The molecule has 0 aliphatic carbocycles. The predicted molar refractivity (Wildman–Crippen MR) is 72.7 cm³/mol. The average Bonchev–Trinajstić information content (AvgIpc) is 2.39. The first-order valence-electron chi connectivity index (χ1n) is 5.98. The van der Waals surface area contributed by atoms with Crippen LogP contribution in [0.3, 0.4) is 0 Å². The summed E-state index contributed by atoms with van der Waals surface area (Å²) in [5, 5.41) is 14.7. The number of amides is 2. The lowest BCUT2D eigenvalue weighted by molar-refractivity contribution is 0.202. The molecular formula is C13H21N3O2. The van der Waals surface area contributed by atoms with Crippen molar-refractivity contribution in [1.29, 1.82) is 0 Å². The second-order valence-electron chi connectivity index (χ2n) is 4.21. The number of hydrogen-bond donors (Lipinski definition) is 3. The summed E-state index contributed by atoms with van der Waals surface area (Å²) in [5.74, 6) is 0. The minimum atomic E-state index is -0.224. The van der Waals surface area contributed by atoms with E-state index in [2.05, 4.69) is 17.6 Å². The van der Waals surface area contributed by atoms with Gasteiger partial charge in [-0.1, -0.05) is 12.1 Å². The Morgan fingerprint density at radius 3 is 2.50 bits per heavy atom. The lowest BCUT2D eigenvalue weighted by Crippen LogP contribution is -2.33. The Morgan fingerprint density at radius 1 is 1.39 bits per heavy atom. The number of benzene rings is 1. The molecule has 1 aromatic rings. The van der Waals surface area contributed by atoms with Crippen molar-refractivity contribution in [2.75, 3.05) is 32.6 Å². The van der Waals surface area contributed by atoms with Gasteiger partial charge in [-0.2, -0.15) is 0 Å². The number of rotatable bonds is 5. The van der Waals surface area contributed by atoms with Crippen LogP contribution in [0.25, 0.3) is 0 Å². The Balaban J connectivity index is 2.61. The van der Waals surface area contributed by atoms with Crippen LogP contribution in [0.15, 0.2) is 24.3 Å². The van der Waals surface area contributed by atoms with E-state index in [1.165, 1.54) is 10.5 Å². The number of nitrogens with zero attached hydrogens (tertiary/aromatic N) is 1. The van der Waals surface area contributed by atoms with Gasteiger partial charge in [0.2, 0.25) is 0 Å². The molecule has 1 aromatic carbocycles. The number of aliphatic hydroxyl groups excluding tert-OH is 1. The minimum absolute atomic E-state index is 0.0391. The van der Waals surface area contributed by atoms with Crippen molar-refractivity contribution in [3.8, 4) is 0 Å². The normalized spacial score (nSPS) is 12.0. The third-order valence-electron chi connectivity index (χ3n) is 2.88. The maximum Gasteiger partial charge on any atom is 0.321 e. The first-order valence-corrected chi connectivity index (χ1v) is 5.98. The summed E-state index contributed by atoms with van der Waals surface area (Å²) >= 11 is 0. The van der Waals surface area contributed by atoms with Crippen LogP contribution in [-0.2, 0) is 0 Å². The van der Waals surface area contributed by atoms with Crippen molar-refractivity contribution in [2.24, 2.45) is 0 Å². The summed E-state index contributed by atoms with van der Waals surface area (Å²) in [6.07, 6.45) is 0. The van der Waals surface area contributed by atoms with E-state index in [1.807, 2.05) is 31.3 Å². The minimum Gasteiger partial charge on any atom is -0.395 e. The standard InChI is InChI=1S/C13H21N3O2/c1-10(14-2)11-4-6-12(7-5-11)15-13(18)16(3)8-9-17/h4-7,10,14,17H,8-9H2,1-3H3,(H,15,18). The second-order valence-corrected chi connectivity index (χ2v) is 4.21. The molecule has 5 nitrogen and oxygen atoms in total. The van der Waals surface area contributed by atoms with Crippen molar-refractivity contribution in [1.82, 2.24) is 10.2 Å². The number of urea groups is 1. The molecule has 1 unspecified atom stereocenters. The quantitative estimate of drug-likeness (QED) is 0.741. The van der Waals surface area contributed by atoms with Crippen LogP contribution >= 0.6 is 0 Å². The summed E-state index contributed by atoms with van der Waals surface area (Å²) < 4.78 is 0. The Bertz CT molecular complexity index is 378. The molecule has 3 N–H and O–H groups in total. The van der Waals surface area contributed by atoms with E-state index in [4.69, 9.17) is 5.11 Å². The molecule has 0 saturated carbocycles. The molecule has 0 aliphatic heterocycles. The van der Waals surface area contributed by atoms with Crippen LogP contribution < -0.4 is 10.6 Å². The molecule has 0 bridgehead atoms. The van der Waals surface area contributed by atoms with E-state index in [0.29, 0.717) is 6.54 Å². The van der Waals surface area contributed by atoms with Gasteiger partial charge in [-0.25, -0.2) is 4.79 Å². The van der Waals surface area contributed by atoms with Crippen molar-refractivity contribution >= 4 is 11.7 Å². The van der Waals surface area contributed by atoms with Crippen LogP contribution in [0.5, 0.6) is 0 Å². The topological polar surface area (TPSA) is 64.6 Å². The van der Waals surface area contributed by atoms with E-state index in [9.17, 15) is 4.79 Å². The molecule has 1 rings (SSSR count). The summed E-state index contributed by atoms with van der Waals surface area (Å²) in [4.78, 5) is 13.1. The van der Waals surface area contributed by atoms with Gasteiger partial charge in [0.1, 0.15) is 0 Å². The number of hydrogen-bond acceptors (Lipinski definition) is 3. The van der Waals surface area contributed by atoms with Gasteiger partial charge in [0.25, 0.3) is 0 Å². The lowest BCUT2D eigenvalue weighted by atomic mass is 10.1. The molecular weight excluding hydrogens is 230 g/mol. The van der Waals surface area contributed by atoms with Crippen LogP contribution in [0.4, 0.5) is 10.5 Å². The highest BCUT2D eigenvalue weighted by Crippen LogP contribution is 2.15. The molecule has 0 spiro atoms.